The first-order chi connectivity index (χ1) is 10.6. The molecule has 2 aromatic heterocycles. The van der Waals surface area contributed by atoms with Crippen molar-refractivity contribution < 1.29 is 4.74 Å². The highest BCUT2D eigenvalue weighted by molar-refractivity contribution is 14.2. The fraction of sp³-hybridized carbons (Fsp3) is 0.143. The van der Waals surface area contributed by atoms with Crippen LogP contribution < -0.4 is 4.74 Å². The third-order valence-corrected chi connectivity index (χ3v) is 5.77. The van der Waals surface area contributed by atoms with Crippen molar-refractivity contribution in [2.75, 3.05) is 0 Å². The van der Waals surface area contributed by atoms with Gasteiger partial charge in [0.1, 0.15) is 12.4 Å². The van der Waals surface area contributed by atoms with E-state index in [-0.39, 0.29) is 0 Å². The molecule has 0 spiro atoms. The Kier molecular flexibility index (Phi) is 5.07. The number of halogens is 3. The second-order valence-corrected chi connectivity index (χ2v) is 7.49. The van der Waals surface area contributed by atoms with Crippen molar-refractivity contribution >= 4 is 62.5 Å². The van der Waals surface area contributed by atoms with Gasteiger partial charge in [-0.1, -0.05) is 23.2 Å². The molecule has 2 heterocycles. The topological polar surface area (TPSA) is 39.9 Å². The van der Waals surface area contributed by atoms with Crippen molar-refractivity contribution in [3.05, 3.63) is 51.9 Å². The van der Waals surface area contributed by atoms with Crippen molar-refractivity contribution in [2.24, 2.45) is 0 Å². The van der Waals surface area contributed by atoms with Crippen molar-refractivity contribution in [2.45, 2.75) is 13.5 Å². The third-order valence-electron chi connectivity index (χ3n) is 3.25. The molecule has 0 amide bonds. The number of aryl methyl sites for hydroxylation is 1. The lowest BCUT2D eigenvalue weighted by Crippen LogP contribution is -1.98. The highest BCUT2D eigenvalue weighted by Gasteiger charge is 2.10. The van der Waals surface area contributed by atoms with Gasteiger partial charge in [-0.15, -0.1) is 0 Å². The van der Waals surface area contributed by atoms with E-state index in [0.29, 0.717) is 23.0 Å². The Morgan fingerprint density at radius 3 is 2.68 bits per heavy atom. The van der Waals surface area contributed by atoms with Gasteiger partial charge in [0.15, 0.2) is 0 Å². The van der Waals surface area contributed by atoms with Crippen molar-refractivity contribution in [1.29, 1.82) is 0 Å². The van der Waals surface area contributed by atoms with Gasteiger partial charge in [-0.05, 0) is 47.2 Å². The summed E-state index contributed by atoms with van der Waals surface area (Å²) in [5.41, 5.74) is 2.83. The second-order valence-electron chi connectivity index (χ2n) is 4.63. The van der Waals surface area contributed by atoms with Gasteiger partial charge in [-0.3, -0.25) is 4.98 Å². The van der Waals surface area contributed by atoms with Crippen LogP contribution in [0.1, 0.15) is 11.3 Å². The number of aromatic nitrogens is 3. The number of benzene rings is 1. The average molecular weight is 466 g/mol. The minimum Gasteiger partial charge on any atom is -0.489 e. The molecule has 4 nitrogen and oxygen atoms in total. The maximum absolute atomic E-state index is 6.10. The third kappa shape index (κ3) is 3.18. The molecule has 1 aromatic carbocycles. The van der Waals surface area contributed by atoms with E-state index < -0.39 is 0 Å². The Morgan fingerprint density at radius 2 is 2.00 bits per heavy atom. The lowest BCUT2D eigenvalue weighted by atomic mass is 10.2. The van der Waals surface area contributed by atoms with Crippen LogP contribution >= 0.6 is 51.6 Å². The lowest BCUT2D eigenvalue weighted by molar-refractivity contribution is 0.306. The van der Waals surface area contributed by atoms with Gasteiger partial charge in [0, 0.05) is 23.3 Å². The highest BCUT2D eigenvalue weighted by atomic mass is 127. The molecule has 0 saturated heterocycles. The summed E-state index contributed by atoms with van der Waals surface area (Å²) in [4.78, 5) is 3.93. The summed E-state index contributed by atoms with van der Waals surface area (Å²) in [6.45, 7) is 2.29. The summed E-state index contributed by atoms with van der Waals surface area (Å²) in [7, 11) is 0. The maximum Gasteiger partial charge on any atom is 0.120 e. The fourth-order valence-electron chi connectivity index (χ4n) is 2.13. The van der Waals surface area contributed by atoms with Crippen molar-refractivity contribution in [3.8, 4) is 5.75 Å². The fourth-order valence-corrected chi connectivity index (χ4v) is 4.18. The Labute approximate surface area is 152 Å². The highest BCUT2D eigenvalue weighted by Crippen LogP contribution is 2.32. The summed E-state index contributed by atoms with van der Waals surface area (Å²) in [6.07, 6.45) is 3.69. The van der Waals surface area contributed by atoms with Crippen LogP contribution in [0.25, 0.3) is 10.9 Å². The van der Waals surface area contributed by atoms with Crippen molar-refractivity contribution in [3.63, 3.8) is 0 Å². The van der Waals surface area contributed by atoms with Gasteiger partial charge in [0.2, 0.25) is 0 Å². The molecule has 0 radical (unpaired) electrons. The molecule has 8 heteroatoms. The van der Waals surface area contributed by atoms with E-state index in [2.05, 4.69) is 32.1 Å². The summed E-state index contributed by atoms with van der Waals surface area (Å²) >= 11 is 14.5. The quantitative estimate of drug-likeness (QED) is 0.381. The summed E-state index contributed by atoms with van der Waals surface area (Å²) in [6, 6.07) is 5.94. The van der Waals surface area contributed by atoms with E-state index in [0.717, 1.165) is 27.9 Å². The van der Waals surface area contributed by atoms with Gasteiger partial charge in [0.25, 0.3) is 0 Å². The maximum atomic E-state index is 6.10. The molecule has 3 aromatic rings. The first-order valence-corrected chi connectivity index (χ1v) is 11.2. The molecular formula is C14H11Cl2IN3OP. The van der Waals surface area contributed by atoms with Gasteiger partial charge in [0.05, 0.1) is 27.6 Å². The molecule has 0 aliphatic heterocycles. The molecule has 0 aliphatic carbocycles. The zero-order valence-corrected chi connectivity index (χ0v) is 16.1. The van der Waals surface area contributed by atoms with Crippen LogP contribution in [0.4, 0.5) is 0 Å². The molecular weight excluding hydrogens is 455 g/mol. The molecule has 114 valence electrons. The summed E-state index contributed by atoms with van der Waals surface area (Å²) < 4.78 is 7.82. The molecule has 3 rings (SSSR count). The van der Waals surface area contributed by atoms with Crippen LogP contribution in [0.2, 0.25) is 10.0 Å². The Bertz CT molecular complexity index is 820. The number of nitrogens with zero attached hydrogens (tertiary/aromatic N) is 3. The summed E-state index contributed by atoms with van der Waals surface area (Å²) in [5, 5.41) is 6.61. The number of fused-ring (bicyclic) bond motifs is 1. The molecule has 0 N–H and O–H groups in total. The van der Waals surface area contributed by atoms with Crippen LogP contribution in [0.3, 0.4) is 0 Å². The number of rotatable bonds is 4. The lowest BCUT2D eigenvalue weighted by Gasteiger charge is -2.09. The average Bonchev–Trinajstić information content (AvgIpc) is 2.83. The van der Waals surface area contributed by atoms with Gasteiger partial charge >= 0.3 is 0 Å². The zero-order chi connectivity index (χ0) is 15.7. The van der Waals surface area contributed by atoms with Crippen LogP contribution in [-0.4, -0.2) is 14.5 Å². The normalized spacial score (nSPS) is 11.6. The van der Waals surface area contributed by atoms with Crippen LogP contribution in [0, 0.1) is 6.92 Å². The molecule has 0 fully saturated rings. The molecule has 1 atom stereocenters. The van der Waals surface area contributed by atoms with E-state index in [4.69, 9.17) is 27.9 Å². The predicted octanol–water partition coefficient (Wildman–Crippen LogP) is 5.42. The first kappa shape index (κ1) is 16.2. The van der Waals surface area contributed by atoms with E-state index in [9.17, 15) is 0 Å². The number of pyridine rings is 1. The number of hydrogen-bond acceptors (Lipinski definition) is 3. The molecule has 0 saturated carbocycles. The monoisotopic (exact) mass is 465 g/mol. The molecule has 1 unspecified atom stereocenters. The first-order valence-electron chi connectivity index (χ1n) is 6.37. The predicted molar refractivity (Wildman–Crippen MR) is 101 cm³/mol. The number of hydrogen-bond donors (Lipinski definition) is 0. The minimum atomic E-state index is 0.299. The van der Waals surface area contributed by atoms with E-state index in [1.165, 1.54) is 0 Å². The van der Waals surface area contributed by atoms with Crippen LogP contribution in [-0.2, 0) is 6.61 Å². The van der Waals surface area contributed by atoms with Crippen LogP contribution in [0.5, 0.6) is 5.75 Å². The summed E-state index contributed by atoms with van der Waals surface area (Å²) in [5.74, 6) is 0.760. The van der Waals surface area contributed by atoms with Gasteiger partial charge < -0.3 is 4.74 Å². The van der Waals surface area contributed by atoms with Gasteiger partial charge in [-0.2, -0.15) is 5.10 Å². The second kappa shape index (κ2) is 6.87. The smallest absolute Gasteiger partial charge is 0.120 e. The zero-order valence-electron chi connectivity index (χ0n) is 11.5. The Hall–Kier alpha value is -0.620. The SMILES string of the molecule is Cc1nn(PI)c2ccc(OCc3c(Cl)cncc3Cl)cc12. The van der Waals surface area contributed by atoms with Crippen LogP contribution in [0.15, 0.2) is 30.6 Å². The van der Waals surface area contributed by atoms with Crippen molar-refractivity contribution in [1.82, 2.24) is 14.5 Å². The molecule has 0 bridgehead atoms. The Balaban J connectivity index is 1.87. The molecule has 0 aliphatic rings. The molecule has 22 heavy (non-hydrogen) atoms. The standard InChI is InChI=1S/C14H11Cl2IN3OP/c1-8-10-4-9(2-3-14(10)20(19-8)22-17)21-7-11-12(15)5-18-6-13(11)16/h2-6,22H,7H2,1H3. The largest absolute Gasteiger partial charge is 0.489 e. The number of ether oxygens (including phenoxy) is 1. The van der Waals surface area contributed by atoms with E-state index in [1.54, 1.807) is 12.4 Å². The van der Waals surface area contributed by atoms with E-state index in [1.807, 2.05) is 29.6 Å². The van der Waals surface area contributed by atoms with Gasteiger partial charge in [-0.25, -0.2) is 4.45 Å². The minimum absolute atomic E-state index is 0.299. The Morgan fingerprint density at radius 1 is 1.27 bits per heavy atom. The van der Waals surface area contributed by atoms with E-state index >= 15 is 0 Å².